The Bertz CT molecular complexity index is 276. The van der Waals surface area contributed by atoms with Crippen LogP contribution >= 0.6 is 16.5 Å². The molecular formula is C6H10Ag2O8P2+2. The number of epoxide rings is 2. The van der Waals surface area contributed by atoms with Gasteiger partial charge in [-0.05, 0) is 23.0 Å². The van der Waals surface area contributed by atoms with Crippen LogP contribution < -0.4 is 9.79 Å². The van der Waals surface area contributed by atoms with E-state index in [0.29, 0.717) is 13.2 Å². The molecule has 2 heterocycles. The monoisotopic (exact) mass is 486 g/mol. The van der Waals surface area contributed by atoms with Crippen molar-refractivity contribution in [2.45, 2.75) is 25.4 Å². The SMILES string of the molecule is CC1(O[P+](=O)[O-])CO1.CC1(O[P+](=O)[O-])CO1.[Ag+].[Ag+]. The average molecular weight is 488 g/mol. The Morgan fingerprint density at radius 3 is 1.22 bits per heavy atom. The van der Waals surface area contributed by atoms with Gasteiger partial charge in [0.25, 0.3) is 0 Å². The summed E-state index contributed by atoms with van der Waals surface area (Å²) in [6.07, 6.45) is 0. The molecule has 18 heavy (non-hydrogen) atoms. The van der Waals surface area contributed by atoms with Crippen molar-refractivity contribution >= 4 is 16.5 Å². The maximum Gasteiger partial charge on any atom is 1.00 e. The van der Waals surface area contributed by atoms with Crippen LogP contribution in [0.15, 0.2) is 0 Å². The third kappa shape index (κ3) is 10.3. The molecule has 0 bridgehead atoms. The minimum absolute atomic E-state index is 0. The number of hydrogen-bond donors (Lipinski definition) is 0. The van der Waals surface area contributed by atoms with E-state index in [-0.39, 0.29) is 44.8 Å². The van der Waals surface area contributed by atoms with E-state index in [4.69, 9.17) is 0 Å². The maximum atomic E-state index is 9.79. The van der Waals surface area contributed by atoms with Gasteiger partial charge >= 0.3 is 61.3 Å². The van der Waals surface area contributed by atoms with Crippen molar-refractivity contribution in [3.05, 3.63) is 0 Å². The standard InChI is InChI=1S/2C3H5O4P.2Ag/c2*1-3(2-6-3)7-8(4)5;;/h2*2H2,1H3;;/q;;2*+1. The van der Waals surface area contributed by atoms with Crippen molar-refractivity contribution in [1.29, 1.82) is 0 Å². The van der Waals surface area contributed by atoms with E-state index in [1.54, 1.807) is 13.8 Å². The van der Waals surface area contributed by atoms with Gasteiger partial charge in [0.05, 0.1) is 0 Å². The van der Waals surface area contributed by atoms with Crippen LogP contribution in [0.4, 0.5) is 0 Å². The smallest absolute Gasteiger partial charge is 0.566 e. The third-order valence-electron chi connectivity index (χ3n) is 1.64. The van der Waals surface area contributed by atoms with Gasteiger partial charge in [0.15, 0.2) is 0 Å². The van der Waals surface area contributed by atoms with Gasteiger partial charge in [-0.25, -0.2) is 0 Å². The molecule has 0 aromatic carbocycles. The molecule has 2 rings (SSSR count). The minimum atomic E-state index is -2.75. The molecule has 0 N–H and O–H groups in total. The maximum absolute atomic E-state index is 9.79. The summed E-state index contributed by atoms with van der Waals surface area (Å²) in [5.41, 5.74) is 0. The zero-order valence-electron chi connectivity index (χ0n) is 9.18. The normalized spacial score (nSPS) is 32.9. The Labute approximate surface area is 137 Å². The summed E-state index contributed by atoms with van der Waals surface area (Å²) in [4.78, 5) is 19.6. The fraction of sp³-hybridized carbons (Fsp3) is 1.00. The van der Waals surface area contributed by atoms with Crippen molar-refractivity contribution < 1.29 is 82.2 Å². The van der Waals surface area contributed by atoms with E-state index in [0.717, 1.165) is 0 Å². The van der Waals surface area contributed by atoms with Crippen molar-refractivity contribution in [3.8, 4) is 0 Å². The van der Waals surface area contributed by atoms with E-state index >= 15 is 0 Å². The second kappa shape index (κ2) is 8.67. The largest absolute Gasteiger partial charge is 1.00 e. The Balaban J connectivity index is 0. The van der Waals surface area contributed by atoms with E-state index in [2.05, 4.69) is 18.5 Å². The Morgan fingerprint density at radius 2 is 1.17 bits per heavy atom. The Kier molecular flexibility index (Phi) is 10.5. The molecule has 0 radical (unpaired) electrons. The fourth-order valence-electron chi connectivity index (χ4n) is 0.624. The molecule has 0 saturated carbocycles. The van der Waals surface area contributed by atoms with Gasteiger partial charge in [-0.3, -0.25) is 0 Å². The average Bonchev–Trinajstić information content (AvgIpc) is 2.93. The molecule has 0 aromatic rings. The summed E-state index contributed by atoms with van der Waals surface area (Å²) in [5.74, 6) is -1.65. The second-order valence-electron chi connectivity index (χ2n) is 3.47. The first-order valence-corrected chi connectivity index (χ1v) is 6.39. The first-order chi connectivity index (χ1) is 7.25. The summed E-state index contributed by atoms with van der Waals surface area (Å²) in [5, 5.41) is 0. The molecule has 2 saturated heterocycles. The minimum Gasteiger partial charge on any atom is -0.566 e. The van der Waals surface area contributed by atoms with Crippen LogP contribution in [0.2, 0.25) is 0 Å². The van der Waals surface area contributed by atoms with Gasteiger partial charge in [0.2, 0.25) is 11.6 Å². The molecular weight excluding hydrogens is 478 g/mol. The summed E-state index contributed by atoms with van der Waals surface area (Å²) in [7, 11) is -5.50. The van der Waals surface area contributed by atoms with Gasteiger partial charge in [-0.15, -0.1) is 9.05 Å². The van der Waals surface area contributed by atoms with Crippen LogP contribution in [-0.4, -0.2) is 24.8 Å². The van der Waals surface area contributed by atoms with Gasteiger partial charge in [-0.1, -0.05) is 0 Å². The van der Waals surface area contributed by atoms with Crippen LogP contribution in [0.1, 0.15) is 13.8 Å². The summed E-state index contributed by atoms with van der Waals surface area (Å²) in [6, 6.07) is 0. The summed E-state index contributed by atoms with van der Waals surface area (Å²) >= 11 is 0. The topological polar surface area (TPSA) is 124 Å². The quantitative estimate of drug-likeness (QED) is 0.296. The predicted octanol–water partition coefficient (Wildman–Crippen LogP) is -0.471. The number of hydrogen-bond acceptors (Lipinski definition) is 8. The van der Waals surface area contributed by atoms with Gasteiger partial charge in [-0.2, -0.15) is 0 Å². The summed E-state index contributed by atoms with van der Waals surface area (Å²) < 4.78 is 37.3. The van der Waals surface area contributed by atoms with E-state index in [1.165, 1.54) is 0 Å². The van der Waals surface area contributed by atoms with E-state index in [1.807, 2.05) is 0 Å². The zero-order chi connectivity index (χ0) is 12.4. The molecule has 8 nitrogen and oxygen atoms in total. The second-order valence-corrected chi connectivity index (χ2v) is 4.73. The zero-order valence-corrected chi connectivity index (χ0v) is 13.9. The van der Waals surface area contributed by atoms with Crippen LogP contribution in [-0.2, 0) is 72.4 Å². The molecule has 4 atom stereocenters. The summed E-state index contributed by atoms with van der Waals surface area (Å²) in [6.45, 7) is 3.88. The van der Waals surface area contributed by atoms with Crippen molar-refractivity contribution in [3.63, 3.8) is 0 Å². The van der Waals surface area contributed by atoms with Gasteiger partial charge < -0.3 is 19.3 Å². The number of ether oxygens (including phenoxy) is 2. The van der Waals surface area contributed by atoms with Gasteiger partial charge in [0, 0.05) is 0 Å². The molecule has 0 amide bonds. The molecule has 0 spiro atoms. The molecule has 2 aliphatic heterocycles. The van der Waals surface area contributed by atoms with Gasteiger partial charge in [0.1, 0.15) is 13.2 Å². The molecule has 12 heteroatoms. The Hall–Kier alpha value is 1.44. The van der Waals surface area contributed by atoms with E-state index in [9.17, 15) is 18.9 Å². The van der Waals surface area contributed by atoms with Crippen molar-refractivity contribution in [2.75, 3.05) is 13.2 Å². The van der Waals surface area contributed by atoms with Crippen LogP contribution in [0, 0.1) is 0 Å². The van der Waals surface area contributed by atoms with Crippen molar-refractivity contribution in [2.24, 2.45) is 0 Å². The molecule has 2 fully saturated rings. The molecule has 2 aliphatic rings. The number of rotatable bonds is 4. The van der Waals surface area contributed by atoms with Crippen LogP contribution in [0.3, 0.4) is 0 Å². The molecule has 0 aliphatic carbocycles. The molecule has 112 valence electrons. The molecule has 0 aromatic heterocycles. The van der Waals surface area contributed by atoms with E-state index < -0.39 is 28.1 Å². The fourth-order valence-corrected chi connectivity index (χ4v) is 1.47. The predicted molar refractivity (Wildman–Crippen MR) is 46.1 cm³/mol. The first kappa shape index (κ1) is 21.7. The third-order valence-corrected chi connectivity index (χ3v) is 2.71. The van der Waals surface area contributed by atoms with Crippen LogP contribution in [0.5, 0.6) is 0 Å². The molecule has 4 unspecified atom stereocenters. The first-order valence-electron chi connectivity index (χ1n) is 4.20. The van der Waals surface area contributed by atoms with Crippen LogP contribution in [0.25, 0.3) is 0 Å². The Morgan fingerprint density at radius 1 is 0.944 bits per heavy atom. The van der Waals surface area contributed by atoms with Crippen molar-refractivity contribution in [1.82, 2.24) is 0 Å².